The van der Waals surface area contributed by atoms with Gasteiger partial charge in [0.1, 0.15) is 5.75 Å². The van der Waals surface area contributed by atoms with Crippen LogP contribution in [0.5, 0.6) is 5.75 Å². The molecule has 0 fully saturated rings. The summed E-state index contributed by atoms with van der Waals surface area (Å²) in [5.41, 5.74) is 1.65. The van der Waals surface area contributed by atoms with Gasteiger partial charge in [-0.2, -0.15) is 0 Å². The van der Waals surface area contributed by atoms with E-state index >= 15 is 0 Å². The SMILES string of the molecule is C=CCCC(C)Nc1ccc(NC(C)=O)c(OC)c1. The second-order valence-corrected chi connectivity index (χ2v) is 4.51. The lowest BCUT2D eigenvalue weighted by atomic mass is 10.1. The van der Waals surface area contributed by atoms with Gasteiger partial charge in [-0.3, -0.25) is 4.79 Å². The lowest BCUT2D eigenvalue weighted by Crippen LogP contribution is -2.15. The highest BCUT2D eigenvalue weighted by molar-refractivity contribution is 5.90. The van der Waals surface area contributed by atoms with Crippen LogP contribution in [0.25, 0.3) is 0 Å². The first-order valence-electron chi connectivity index (χ1n) is 6.40. The lowest BCUT2D eigenvalue weighted by molar-refractivity contribution is -0.114. The Morgan fingerprint density at radius 1 is 1.53 bits per heavy atom. The second kappa shape index (κ2) is 7.46. The van der Waals surface area contributed by atoms with Gasteiger partial charge in [-0.05, 0) is 31.9 Å². The Kier molecular flexibility index (Phi) is 5.93. The van der Waals surface area contributed by atoms with E-state index in [1.54, 1.807) is 7.11 Å². The Morgan fingerprint density at radius 2 is 2.26 bits per heavy atom. The molecule has 0 saturated carbocycles. The van der Waals surface area contributed by atoms with Crippen molar-refractivity contribution in [3.8, 4) is 5.75 Å². The summed E-state index contributed by atoms with van der Waals surface area (Å²) in [7, 11) is 1.59. The summed E-state index contributed by atoms with van der Waals surface area (Å²) in [6.07, 6.45) is 3.92. The van der Waals surface area contributed by atoms with Crippen LogP contribution < -0.4 is 15.4 Å². The molecule has 0 saturated heterocycles. The molecule has 0 aliphatic rings. The van der Waals surface area contributed by atoms with Crippen LogP contribution >= 0.6 is 0 Å². The zero-order valence-corrected chi connectivity index (χ0v) is 11.8. The Bertz CT molecular complexity index is 444. The molecule has 1 aromatic rings. The van der Waals surface area contributed by atoms with Crippen molar-refractivity contribution in [3.05, 3.63) is 30.9 Å². The van der Waals surface area contributed by atoms with Gasteiger partial charge in [0.2, 0.25) is 5.91 Å². The molecule has 4 heteroatoms. The van der Waals surface area contributed by atoms with Gasteiger partial charge in [0, 0.05) is 24.7 Å². The molecule has 0 aromatic heterocycles. The number of ether oxygens (including phenoxy) is 1. The third-order valence-electron chi connectivity index (χ3n) is 2.73. The standard InChI is InChI=1S/C15H22N2O2/c1-5-6-7-11(2)16-13-8-9-14(17-12(3)18)15(10-13)19-4/h5,8-11,16H,1,6-7H2,2-4H3,(H,17,18). The molecule has 0 radical (unpaired) electrons. The van der Waals surface area contributed by atoms with Gasteiger partial charge >= 0.3 is 0 Å². The number of carbonyl (C=O) groups is 1. The van der Waals surface area contributed by atoms with Crippen LogP contribution in [0.1, 0.15) is 26.7 Å². The fourth-order valence-electron chi connectivity index (χ4n) is 1.80. The first kappa shape index (κ1) is 15.1. The molecule has 4 nitrogen and oxygen atoms in total. The average Bonchev–Trinajstić information content (AvgIpc) is 2.37. The molecule has 1 aromatic carbocycles. The van der Waals surface area contributed by atoms with E-state index in [1.165, 1.54) is 6.92 Å². The van der Waals surface area contributed by atoms with E-state index in [0.717, 1.165) is 18.5 Å². The summed E-state index contributed by atoms with van der Waals surface area (Å²) in [6, 6.07) is 6.01. The largest absolute Gasteiger partial charge is 0.494 e. The Morgan fingerprint density at radius 3 is 2.84 bits per heavy atom. The van der Waals surface area contributed by atoms with Crippen molar-refractivity contribution in [1.29, 1.82) is 0 Å². The van der Waals surface area contributed by atoms with Gasteiger partial charge in [-0.25, -0.2) is 0 Å². The number of methoxy groups -OCH3 is 1. The third-order valence-corrected chi connectivity index (χ3v) is 2.73. The number of carbonyl (C=O) groups excluding carboxylic acids is 1. The molecule has 1 unspecified atom stereocenters. The molecular formula is C15H22N2O2. The molecule has 0 bridgehead atoms. The Hall–Kier alpha value is -1.97. The summed E-state index contributed by atoms with van der Waals surface area (Å²) in [6.45, 7) is 7.32. The zero-order chi connectivity index (χ0) is 14.3. The van der Waals surface area contributed by atoms with E-state index in [4.69, 9.17) is 4.74 Å². The summed E-state index contributed by atoms with van der Waals surface area (Å²) in [5, 5.41) is 6.13. The van der Waals surface area contributed by atoms with Gasteiger partial charge < -0.3 is 15.4 Å². The van der Waals surface area contributed by atoms with Gasteiger partial charge in [-0.15, -0.1) is 6.58 Å². The lowest BCUT2D eigenvalue weighted by Gasteiger charge is -2.16. The first-order valence-corrected chi connectivity index (χ1v) is 6.40. The van der Waals surface area contributed by atoms with Crippen LogP contribution in [-0.4, -0.2) is 19.1 Å². The maximum Gasteiger partial charge on any atom is 0.221 e. The van der Waals surface area contributed by atoms with Crippen molar-refractivity contribution in [1.82, 2.24) is 0 Å². The number of anilines is 2. The number of allylic oxidation sites excluding steroid dienone is 1. The molecule has 104 valence electrons. The van der Waals surface area contributed by atoms with E-state index < -0.39 is 0 Å². The fourth-order valence-corrected chi connectivity index (χ4v) is 1.80. The number of nitrogens with one attached hydrogen (secondary N) is 2. The molecular weight excluding hydrogens is 240 g/mol. The highest BCUT2D eigenvalue weighted by Gasteiger charge is 2.07. The molecule has 0 heterocycles. The highest BCUT2D eigenvalue weighted by atomic mass is 16.5. The summed E-state index contributed by atoms with van der Waals surface area (Å²) in [5.74, 6) is 0.537. The van der Waals surface area contributed by atoms with Crippen LogP contribution in [0.4, 0.5) is 11.4 Å². The molecule has 1 amide bonds. The van der Waals surface area contributed by atoms with Crippen molar-refractivity contribution in [3.63, 3.8) is 0 Å². The molecule has 1 rings (SSSR count). The predicted molar refractivity (Wildman–Crippen MR) is 79.8 cm³/mol. The quantitative estimate of drug-likeness (QED) is 0.740. The minimum absolute atomic E-state index is 0.113. The average molecular weight is 262 g/mol. The highest BCUT2D eigenvalue weighted by Crippen LogP contribution is 2.28. The van der Waals surface area contributed by atoms with Crippen LogP contribution in [-0.2, 0) is 4.79 Å². The van der Waals surface area contributed by atoms with E-state index in [0.29, 0.717) is 17.5 Å². The van der Waals surface area contributed by atoms with E-state index in [1.807, 2.05) is 24.3 Å². The second-order valence-electron chi connectivity index (χ2n) is 4.51. The number of hydrogen-bond acceptors (Lipinski definition) is 3. The van der Waals surface area contributed by atoms with E-state index in [-0.39, 0.29) is 5.91 Å². The monoisotopic (exact) mass is 262 g/mol. The minimum Gasteiger partial charge on any atom is -0.494 e. The van der Waals surface area contributed by atoms with Crippen LogP contribution in [0.3, 0.4) is 0 Å². The molecule has 1 atom stereocenters. The van der Waals surface area contributed by atoms with Crippen LogP contribution in [0, 0.1) is 0 Å². The van der Waals surface area contributed by atoms with Crippen molar-refractivity contribution < 1.29 is 9.53 Å². The fraction of sp³-hybridized carbons (Fsp3) is 0.400. The summed E-state index contributed by atoms with van der Waals surface area (Å²) >= 11 is 0. The topological polar surface area (TPSA) is 50.4 Å². The van der Waals surface area contributed by atoms with Crippen molar-refractivity contribution in [2.24, 2.45) is 0 Å². The molecule has 0 spiro atoms. The normalized spacial score (nSPS) is 11.5. The molecule has 0 aliphatic heterocycles. The maximum atomic E-state index is 11.1. The van der Waals surface area contributed by atoms with Crippen molar-refractivity contribution in [2.75, 3.05) is 17.7 Å². The van der Waals surface area contributed by atoms with Crippen molar-refractivity contribution >= 4 is 17.3 Å². The molecule has 19 heavy (non-hydrogen) atoms. The summed E-state index contributed by atoms with van der Waals surface area (Å²) in [4.78, 5) is 11.1. The first-order chi connectivity index (χ1) is 9.06. The maximum absolute atomic E-state index is 11.1. The number of rotatable bonds is 7. The van der Waals surface area contributed by atoms with Crippen LogP contribution in [0.2, 0.25) is 0 Å². The van der Waals surface area contributed by atoms with Gasteiger partial charge in [0.25, 0.3) is 0 Å². The minimum atomic E-state index is -0.113. The Balaban J connectivity index is 2.75. The molecule has 0 aliphatic carbocycles. The third kappa shape index (κ3) is 5.04. The van der Waals surface area contributed by atoms with Crippen LogP contribution in [0.15, 0.2) is 30.9 Å². The number of benzene rings is 1. The zero-order valence-electron chi connectivity index (χ0n) is 11.8. The van der Waals surface area contributed by atoms with Gasteiger partial charge in [0.05, 0.1) is 12.8 Å². The summed E-state index contributed by atoms with van der Waals surface area (Å²) < 4.78 is 5.28. The van der Waals surface area contributed by atoms with E-state index in [9.17, 15) is 4.79 Å². The number of hydrogen-bond donors (Lipinski definition) is 2. The Labute approximate surface area is 114 Å². The van der Waals surface area contributed by atoms with Gasteiger partial charge in [-0.1, -0.05) is 6.08 Å². The smallest absolute Gasteiger partial charge is 0.221 e. The molecule has 2 N–H and O–H groups in total. The van der Waals surface area contributed by atoms with Gasteiger partial charge in [0.15, 0.2) is 0 Å². The predicted octanol–water partition coefficient (Wildman–Crippen LogP) is 3.42. The number of amides is 1. The van der Waals surface area contributed by atoms with Crippen molar-refractivity contribution in [2.45, 2.75) is 32.7 Å². The van der Waals surface area contributed by atoms with E-state index in [2.05, 4.69) is 24.1 Å².